The number of Topliss-reactive ketones (excluding diaryl/α,β-unsaturated/α-hetero) is 1. The Morgan fingerprint density at radius 1 is 1.00 bits per heavy atom. The maximum absolute atomic E-state index is 13.6. The summed E-state index contributed by atoms with van der Waals surface area (Å²) < 4.78 is 21.6. The number of rotatable bonds is 7. The van der Waals surface area contributed by atoms with Crippen molar-refractivity contribution in [2.24, 2.45) is 5.92 Å². The molecule has 1 aliphatic rings. The van der Waals surface area contributed by atoms with Gasteiger partial charge in [-0.3, -0.25) is 14.4 Å². The molecule has 2 aromatic rings. The first kappa shape index (κ1) is 20.4. The third kappa shape index (κ3) is 3.44. The van der Waals surface area contributed by atoms with E-state index in [-0.39, 0.29) is 24.5 Å². The van der Waals surface area contributed by atoms with Crippen molar-refractivity contribution in [1.29, 1.82) is 0 Å². The fourth-order valence-corrected chi connectivity index (χ4v) is 3.43. The summed E-state index contributed by atoms with van der Waals surface area (Å²) in [5.41, 5.74) is -1.34. The van der Waals surface area contributed by atoms with Crippen LogP contribution in [-0.4, -0.2) is 38.0 Å². The minimum Gasteiger partial charge on any atom is -0.497 e. The zero-order valence-corrected chi connectivity index (χ0v) is 16.5. The minimum absolute atomic E-state index is 0.0363. The Hall–Kier alpha value is -3.35. The predicted octanol–water partition coefficient (Wildman–Crippen LogP) is 2.91. The summed E-state index contributed by atoms with van der Waals surface area (Å²) in [6.07, 6.45) is 0. The van der Waals surface area contributed by atoms with Crippen LogP contribution in [0.15, 0.2) is 48.5 Å². The third-order valence-corrected chi connectivity index (χ3v) is 4.70. The average molecular weight is 398 g/mol. The number of fused-ring (bicyclic) bond motifs is 1. The lowest BCUT2D eigenvalue weighted by atomic mass is 9.77. The largest absolute Gasteiger partial charge is 0.497 e. The Bertz CT molecular complexity index is 904. The Labute approximate surface area is 168 Å². The molecule has 1 aliphatic heterocycles. The Balaban J connectivity index is 2.23. The first-order chi connectivity index (χ1) is 14.0. The molecule has 0 bridgehead atoms. The maximum atomic E-state index is 13.6. The van der Waals surface area contributed by atoms with Gasteiger partial charge in [0, 0.05) is 11.6 Å². The highest BCUT2D eigenvalue weighted by atomic mass is 16.6. The summed E-state index contributed by atoms with van der Waals surface area (Å²) in [7, 11) is 1.49. The van der Waals surface area contributed by atoms with Gasteiger partial charge in [-0.25, -0.2) is 0 Å². The van der Waals surface area contributed by atoms with Crippen molar-refractivity contribution < 1.29 is 33.3 Å². The maximum Gasteiger partial charge on any atom is 0.325 e. The lowest BCUT2D eigenvalue weighted by molar-refractivity contribution is -0.170. The van der Waals surface area contributed by atoms with Gasteiger partial charge in [-0.05, 0) is 26.0 Å². The van der Waals surface area contributed by atoms with Gasteiger partial charge in [0.1, 0.15) is 11.5 Å². The quantitative estimate of drug-likeness (QED) is 0.523. The fraction of sp³-hybridized carbons (Fsp3) is 0.318. The second-order valence-corrected chi connectivity index (χ2v) is 6.33. The highest BCUT2D eigenvalue weighted by Gasteiger charge is 2.62. The van der Waals surface area contributed by atoms with E-state index >= 15 is 0 Å². The zero-order valence-electron chi connectivity index (χ0n) is 16.5. The van der Waals surface area contributed by atoms with E-state index in [4.69, 9.17) is 18.9 Å². The van der Waals surface area contributed by atoms with Crippen molar-refractivity contribution in [2.45, 2.75) is 19.4 Å². The van der Waals surface area contributed by atoms with Crippen molar-refractivity contribution >= 4 is 17.7 Å². The van der Waals surface area contributed by atoms with Crippen LogP contribution in [0, 0.1) is 5.92 Å². The number of ketones is 1. The Kier molecular flexibility index (Phi) is 5.87. The van der Waals surface area contributed by atoms with Gasteiger partial charge in [0.2, 0.25) is 17.3 Å². The van der Waals surface area contributed by atoms with E-state index in [1.54, 1.807) is 62.4 Å². The van der Waals surface area contributed by atoms with E-state index in [0.717, 1.165) is 0 Å². The van der Waals surface area contributed by atoms with E-state index in [9.17, 15) is 14.4 Å². The molecule has 0 radical (unpaired) electrons. The molecule has 1 atom stereocenters. The first-order valence-electron chi connectivity index (χ1n) is 9.30. The number of ether oxygens (including phenoxy) is 4. The second-order valence-electron chi connectivity index (χ2n) is 6.33. The molecule has 0 aromatic heterocycles. The minimum atomic E-state index is -1.94. The highest BCUT2D eigenvalue weighted by Crippen LogP contribution is 2.47. The van der Waals surface area contributed by atoms with Crippen LogP contribution >= 0.6 is 0 Å². The van der Waals surface area contributed by atoms with E-state index in [1.807, 2.05) is 0 Å². The number of methoxy groups -OCH3 is 1. The van der Waals surface area contributed by atoms with E-state index in [1.165, 1.54) is 7.11 Å². The Morgan fingerprint density at radius 2 is 1.62 bits per heavy atom. The van der Waals surface area contributed by atoms with Crippen molar-refractivity contribution in [3.8, 4) is 11.5 Å². The van der Waals surface area contributed by atoms with Gasteiger partial charge in [-0.1, -0.05) is 30.3 Å². The monoisotopic (exact) mass is 398 g/mol. The van der Waals surface area contributed by atoms with Gasteiger partial charge in [-0.15, -0.1) is 0 Å². The fourth-order valence-electron chi connectivity index (χ4n) is 3.43. The zero-order chi connectivity index (χ0) is 21.0. The molecule has 2 aromatic carbocycles. The number of carbonyl (C=O) groups excluding carboxylic acids is 3. The van der Waals surface area contributed by atoms with Crippen LogP contribution < -0.4 is 9.47 Å². The predicted molar refractivity (Wildman–Crippen MR) is 103 cm³/mol. The summed E-state index contributed by atoms with van der Waals surface area (Å²) in [5, 5.41) is 0. The van der Waals surface area contributed by atoms with Crippen LogP contribution in [0.5, 0.6) is 11.5 Å². The van der Waals surface area contributed by atoms with E-state index in [0.29, 0.717) is 11.3 Å². The van der Waals surface area contributed by atoms with Crippen LogP contribution in [-0.2, 0) is 24.7 Å². The molecule has 0 spiro atoms. The molecular weight excluding hydrogens is 376 g/mol. The summed E-state index contributed by atoms with van der Waals surface area (Å²) >= 11 is 0. The topological polar surface area (TPSA) is 88.1 Å². The highest BCUT2D eigenvalue weighted by molar-refractivity contribution is 6.14. The van der Waals surface area contributed by atoms with Crippen molar-refractivity contribution in [3.05, 3.63) is 59.7 Å². The second kappa shape index (κ2) is 8.34. The van der Waals surface area contributed by atoms with Crippen molar-refractivity contribution in [1.82, 2.24) is 0 Å². The standard InChI is InChI=1S/C22H22O7/c1-4-27-20(24)18(21(25)28-5-2)22(14-9-7-6-8-10-14)19(23)16-12-11-15(26-3)13-17(16)29-22/h6-13,18H,4-5H2,1-3H3. The van der Waals surface area contributed by atoms with Gasteiger partial charge in [0.25, 0.3) is 0 Å². The number of hydrogen-bond donors (Lipinski definition) is 0. The summed E-state index contributed by atoms with van der Waals surface area (Å²) in [6, 6.07) is 13.1. The van der Waals surface area contributed by atoms with Gasteiger partial charge in [0.05, 0.1) is 25.9 Å². The molecular formula is C22H22O7. The molecule has 0 amide bonds. The first-order valence-corrected chi connectivity index (χ1v) is 9.30. The molecule has 3 rings (SSSR count). The average Bonchev–Trinajstić information content (AvgIpc) is 3.01. The summed E-state index contributed by atoms with van der Waals surface area (Å²) in [6.45, 7) is 3.31. The van der Waals surface area contributed by atoms with Crippen LogP contribution in [0.3, 0.4) is 0 Å². The summed E-state index contributed by atoms with van der Waals surface area (Å²) in [5.74, 6) is -3.23. The van der Waals surface area contributed by atoms with E-state index in [2.05, 4.69) is 0 Å². The molecule has 7 nitrogen and oxygen atoms in total. The smallest absolute Gasteiger partial charge is 0.325 e. The molecule has 0 saturated carbocycles. The molecule has 7 heteroatoms. The van der Waals surface area contributed by atoms with Gasteiger partial charge >= 0.3 is 11.9 Å². The lowest BCUT2D eigenvalue weighted by Crippen LogP contribution is -2.52. The molecule has 152 valence electrons. The molecule has 1 unspecified atom stereocenters. The van der Waals surface area contributed by atoms with Gasteiger partial charge < -0.3 is 18.9 Å². The van der Waals surface area contributed by atoms with Crippen LogP contribution in [0.25, 0.3) is 0 Å². The van der Waals surface area contributed by atoms with Gasteiger partial charge in [0.15, 0.2) is 0 Å². The van der Waals surface area contributed by atoms with Crippen molar-refractivity contribution in [2.75, 3.05) is 20.3 Å². The third-order valence-electron chi connectivity index (χ3n) is 4.70. The van der Waals surface area contributed by atoms with Crippen molar-refractivity contribution in [3.63, 3.8) is 0 Å². The van der Waals surface area contributed by atoms with Crippen LogP contribution in [0.2, 0.25) is 0 Å². The molecule has 0 aliphatic carbocycles. The molecule has 0 fully saturated rings. The SMILES string of the molecule is CCOC(=O)C(C(=O)OCC)C1(c2ccccc2)Oc2cc(OC)ccc2C1=O. The van der Waals surface area contributed by atoms with Gasteiger partial charge in [-0.2, -0.15) is 0 Å². The number of hydrogen-bond acceptors (Lipinski definition) is 7. The molecule has 1 heterocycles. The van der Waals surface area contributed by atoms with Crippen LogP contribution in [0.4, 0.5) is 0 Å². The summed E-state index contributed by atoms with van der Waals surface area (Å²) in [4.78, 5) is 39.3. The Morgan fingerprint density at radius 3 is 2.17 bits per heavy atom. The number of esters is 2. The number of benzene rings is 2. The molecule has 0 saturated heterocycles. The lowest BCUT2D eigenvalue weighted by Gasteiger charge is -2.32. The van der Waals surface area contributed by atoms with Crippen LogP contribution in [0.1, 0.15) is 29.8 Å². The molecule has 29 heavy (non-hydrogen) atoms. The number of carbonyl (C=O) groups is 3. The normalized spacial score (nSPS) is 17.4. The van der Waals surface area contributed by atoms with E-state index < -0.39 is 29.2 Å². The molecule has 0 N–H and O–H groups in total.